The maximum absolute atomic E-state index is 11.5. The second-order valence-corrected chi connectivity index (χ2v) is 3.98. The Bertz CT molecular complexity index is 326. The molecule has 0 saturated carbocycles. The Kier molecular flexibility index (Phi) is 2.91. The summed E-state index contributed by atoms with van der Waals surface area (Å²) in [5, 5.41) is 0. The van der Waals surface area contributed by atoms with Gasteiger partial charge in [0, 0.05) is 19.4 Å². The number of imide groups is 1. The summed E-state index contributed by atoms with van der Waals surface area (Å²) in [4.78, 5) is 37.2. The zero-order valence-corrected chi connectivity index (χ0v) is 9.14. The fourth-order valence-electron chi connectivity index (χ4n) is 2.06. The number of carbonyl (C=O) groups is 3. The van der Waals surface area contributed by atoms with Crippen molar-refractivity contribution in [2.75, 3.05) is 19.7 Å². The van der Waals surface area contributed by atoms with Gasteiger partial charge in [-0.15, -0.1) is 0 Å². The van der Waals surface area contributed by atoms with Gasteiger partial charge in [0.2, 0.25) is 11.8 Å². The van der Waals surface area contributed by atoms with E-state index in [1.807, 2.05) is 0 Å². The predicted octanol–water partition coefficient (Wildman–Crippen LogP) is -0.660. The zero-order valence-electron chi connectivity index (χ0n) is 9.14. The van der Waals surface area contributed by atoms with Crippen LogP contribution in [0.15, 0.2) is 0 Å². The highest BCUT2D eigenvalue weighted by Crippen LogP contribution is 2.18. The van der Waals surface area contributed by atoms with Crippen LogP contribution in [0.4, 0.5) is 0 Å². The lowest BCUT2D eigenvalue weighted by molar-refractivity contribution is -0.159. The van der Waals surface area contributed by atoms with Crippen molar-refractivity contribution in [1.29, 1.82) is 0 Å². The summed E-state index contributed by atoms with van der Waals surface area (Å²) in [6.07, 6.45) is 0.207. The van der Waals surface area contributed by atoms with E-state index in [-0.39, 0.29) is 43.3 Å². The molecule has 0 aromatic carbocycles. The third-order valence-electron chi connectivity index (χ3n) is 2.97. The van der Waals surface area contributed by atoms with Gasteiger partial charge in [-0.1, -0.05) is 0 Å². The van der Waals surface area contributed by atoms with Crippen molar-refractivity contribution in [2.45, 2.75) is 25.9 Å². The first-order valence-corrected chi connectivity index (χ1v) is 5.34. The van der Waals surface area contributed by atoms with Crippen LogP contribution >= 0.6 is 0 Å². The van der Waals surface area contributed by atoms with E-state index in [2.05, 4.69) is 0 Å². The molecule has 0 N–H and O–H groups in total. The van der Waals surface area contributed by atoms with E-state index in [1.54, 1.807) is 11.8 Å². The van der Waals surface area contributed by atoms with E-state index < -0.39 is 0 Å². The van der Waals surface area contributed by atoms with Crippen LogP contribution < -0.4 is 0 Å². The number of carbonyl (C=O) groups excluding carboxylic acids is 3. The van der Waals surface area contributed by atoms with Crippen LogP contribution in [0.1, 0.15) is 19.8 Å². The lowest BCUT2D eigenvalue weighted by Crippen LogP contribution is -2.53. The van der Waals surface area contributed by atoms with Crippen molar-refractivity contribution in [3.05, 3.63) is 0 Å². The molecule has 0 spiro atoms. The molecule has 16 heavy (non-hydrogen) atoms. The van der Waals surface area contributed by atoms with Crippen LogP contribution in [-0.4, -0.2) is 53.4 Å². The number of morpholine rings is 1. The van der Waals surface area contributed by atoms with Gasteiger partial charge in [-0.05, 0) is 6.92 Å². The summed E-state index contributed by atoms with van der Waals surface area (Å²) < 4.78 is 4.81. The highest BCUT2D eigenvalue weighted by molar-refractivity contribution is 6.02. The van der Waals surface area contributed by atoms with Gasteiger partial charge in [0.25, 0.3) is 0 Å². The molecule has 88 valence electrons. The molecular formula is C10H14N2O4. The predicted molar refractivity (Wildman–Crippen MR) is 53.1 cm³/mol. The Hall–Kier alpha value is -1.43. The van der Waals surface area contributed by atoms with E-state index in [1.165, 1.54) is 4.90 Å². The SMILES string of the molecule is CC(N1CCOC(=O)C1)N1C(=O)CCC1=O. The molecule has 2 fully saturated rings. The average molecular weight is 226 g/mol. The minimum absolute atomic E-state index is 0.137. The summed E-state index contributed by atoms with van der Waals surface area (Å²) >= 11 is 0. The Labute approximate surface area is 93.1 Å². The number of ether oxygens (including phenoxy) is 1. The molecule has 0 aromatic rings. The van der Waals surface area contributed by atoms with Crippen LogP contribution in [0.2, 0.25) is 0 Å². The quantitative estimate of drug-likeness (QED) is 0.462. The van der Waals surface area contributed by atoms with Crippen molar-refractivity contribution in [1.82, 2.24) is 9.80 Å². The van der Waals surface area contributed by atoms with Crippen LogP contribution in [0.3, 0.4) is 0 Å². The van der Waals surface area contributed by atoms with Crippen LogP contribution in [0.5, 0.6) is 0 Å². The molecule has 6 nitrogen and oxygen atoms in total. The number of hydrogen-bond acceptors (Lipinski definition) is 5. The first-order valence-electron chi connectivity index (χ1n) is 5.34. The minimum atomic E-state index is -0.352. The molecule has 2 saturated heterocycles. The average Bonchev–Trinajstić information content (AvgIpc) is 2.58. The van der Waals surface area contributed by atoms with Crippen molar-refractivity contribution in [3.8, 4) is 0 Å². The van der Waals surface area contributed by atoms with Crippen LogP contribution in [0, 0.1) is 0 Å². The molecule has 0 aliphatic carbocycles. The van der Waals surface area contributed by atoms with Crippen molar-refractivity contribution in [2.24, 2.45) is 0 Å². The molecule has 2 heterocycles. The Morgan fingerprint density at radius 1 is 1.19 bits per heavy atom. The summed E-state index contributed by atoms with van der Waals surface area (Å²) in [7, 11) is 0. The van der Waals surface area contributed by atoms with E-state index in [9.17, 15) is 14.4 Å². The van der Waals surface area contributed by atoms with Gasteiger partial charge in [0.05, 0.1) is 12.7 Å². The monoisotopic (exact) mass is 226 g/mol. The number of amides is 2. The first-order chi connectivity index (χ1) is 7.59. The number of esters is 1. The van der Waals surface area contributed by atoms with E-state index in [0.717, 1.165) is 0 Å². The van der Waals surface area contributed by atoms with Crippen LogP contribution in [-0.2, 0) is 19.1 Å². The number of nitrogens with zero attached hydrogens (tertiary/aromatic N) is 2. The molecule has 0 bridgehead atoms. The maximum atomic E-state index is 11.5. The van der Waals surface area contributed by atoms with Gasteiger partial charge >= 0.3 is 5.97 Å². The van der Waals surface area contributed by atoms with Gasteiger partial charge in [0.15, 0.2) is 0 Å². The van der Waals surface area contributed by atoms with Crippen molar-refractivity contribution in [3.63, 3.8) is 0 Å². The molecule has 0 aromatic heterocycles. The van der Waals surface area contributed by atoms with Crippen molar-refractivity contribution < 1.29 is 19.1 Å². The molecular weight excluding hydrogens is 212 g/mol. The molecule has 2 rings (SSSR count). The van der Waals surface area contributed by atoms with E-state index in [4.69, 9.17) is 4.74 Å². The maximum Gasteiger partial charge on any atom is 0.320 e. The molecule has 2 aliphatic heterocycles. The molecule has 1 unspecified atom stereocenters. The van der Waals surface area contributed by atoms with Gasteiger partial charge in [0.1, 0.15) is 6.61 Å². The molecule has 2 amide bonds. The fourth-order valence-corrected chi connectivity index (χ4v) is 2.06. The first kappa shape index (κ1) is 11.1. The smallest absolute Gasteiger partial charge is 0.320 e. The van der Waals surface area contributed by atoms with Gasteiger partial charge < -0.3 is 4.74 Å². The highest BCUT2D eigenvalue weighted by Gasteiger charge is 2.36. The Balaban J connectivity index is 2.05. The molecule has 6 heteroatoms. The zero-order chi connectivity index (χ0) is 11.7. The number of hydrogen-bond donors (Lipinski definition) is 0. The Morgan fingerprint density at radius 3 is 2.38 bits per heavy atom. The molecule has 2 aliphatic rings. The topological polar surface area (TPSA) is 66.9 Å². The molecule has 1 atom stereocenters. The fraction of sp³-hybridized carbons (Fsp3) is 0.700. The third-order valence-corrected chi connectivity index (χ3v) is 2.97. The lowest BCUT2D eigenvalue weighted by atomic mass is 10.3. The largest absolute Gasteiger partial charge is 0.463 e. The van der Waals surface area contributed by atoms with E-state index >= 15 is 0 Å². The molecule has 0 radical (unpaired) electrons. The second-order valence-electron chi connectivity index (χ2n) is 3.98. The summed E-state index contributed by atoms with van der Waals surface area (Å²) in [6, 6.07) is 0. The third kappa shape index (κ3) is 1.92. The standard InChI is InChI=1S/C10H14N2O4/c1-7(11-4-5-16-10(15)6-11)12-8(13)2-3-9(12)14/h7H,2-6H2,1H3. The van der Waals surface area contributed by atoms with Gasteiger partial charge in [-0.3, -0.25) is 24.2 Å². The number of cyclic esters (lactones) is 1. The van der Waals surface area contributed by atoms with Gasteiger partial charge in [-0.2, -0.15) is 0 Å². The van der Waals surface area contributed by atoms with Crippen LogP contribution in [0.25, 0.3) is 0 Å². The van der Waals surface area contributed by atoms with E-state index in [0.29, 0.717) is 13.2 Å². The minimum Gasteiger partial charge on any atom is -0.463 e. The highest BCUT2D eigenvalue weighted by atomic mass is 16.5. The lowest BCUT2D eigenvalue weighted by Gasteiger charge is -2.35. The van der Waals surface area contributed by atoms with Gasteiger partial charge in [-0.25, -0.2) is 0 Å². The number of likely N-dealkylation sites (tertiary alicyclic amines) is 1. The summed E-state index contributed by atoms with van der Waals surface area (Å²) in [5.74, 6) is -0.620. The summed E-state index contributed by atoms with van der Waals surface area (Å²) in [6.45, 7) is 2.78. The van der Waals surface area contributed by atoms with Crippen molar-refractivity contribution >= 4 is 17.8 Å². The normalized spacial score (nSPS) is 24.8. The second kappa shape index (κ2) is 4.21. The summed E-state index contributed by atoms with van der Waals surface area (Å²) in [5.41, 5.74) is 0. The number of rotatable bonds is 2. The Morgan fingerprint density at radius 2 is 1.81 bits per heavy atom.